The predicted octanol–water partition coefficient (Wildman–Crippen LogP) is 6.30. The molecule has 1 fully saturated rings. The van der Waals surface area contributed by atoms with E-state index in [1.165, 1.54) is 19.2 Å². The molecular formula is C35H25ClF8N8O4S. The second kappa shape index (κ2) is 13.3. The Balaban J connectivity index is 1.34. The number of nitrogens with one attached hydrogen (secondary N) is 2. The van der Waals surface area contributed by atoms with Crippen molar-refractivity contribution in [2.45, 2.75) is 43.7 Å². The van der Waals surface area contributed by atoms with E-state index in [-0.39, 0.29) is 45.0 Å². The van der Waals surface area contributed by atoms with E-state index in [1.807, 2.05) is 0 Å². The maximum atomic E-state index is 15.4. The fourth-order valence-corrected chi connectivity index (χ4v) is 8.36. The average molecular weight is 841 g/mol. The Labute approximate surface area is 320 Å². The largest absolute Gasteiger partial charge is 0.344 e. The highest BCUT2D eigenvalue weighted by molar-refractivity contribution is 7.92. The molecule has 3 aromatic heterocycles. The van der Waals surface area contributed by atoms with Crippen molar-refractivity contribution in [2.75, 3.05) is 11.0 Å². The van der Waals surface area contributed by atoms with Crippen molar-refractivity contribution in [2.24, 2.45) is 13.0 Å². The van der Waals surface area contributed by atoms with Crippen LogP contribution in [0, 0.1) is 29.2 Å². The van der Waals surface area contributed by atoms with Crippen molar-refractivity contribution in [1.82, 2.24) is 34.4 Å². The zero-order chi connectivity index (χ0) is 41.0. The number of fused-ring (bicyclic) bond motifs is 5. The molecule has 8 rings (SSSR count). The minimum Gasteiger partial charge on any atom is -0.344 e. The first-order chi connectivity index (χ1) is 26.7. The van der Waals surface area contributed by atoms with E-state index in [2.05, 4.69) is 25.2 Å². The van der Waals surface area contributed by atoms with E-state index in [1.54, 1.807) is 0 Å². The molecule has 3 aromatic carbocycles. The minimum atomic E-state index is -3.97. The van der Waals surface area contributed by atoms with Gasteiger partial charge < -0.3 is 5.32 Å². The molecule has 0 spiro atoms. The number of rotatable bonds is 10. The molecule has 3 heterocycles. The average Bonchev–Trinajstić information content (AvgIpc) is 3.63. The number of carbonyl (C=O) groups is 1. The lowest BCUT2D eigenvalue weighted by atomic mass is 10.0. The van der Waals surface area contributed by atoms with Crippen LogP contribution in [0.25, 0.3) is 27.5 Å². The molecule has 3 atom stereocenters. The third-order valence-corrected chi connectivity index (χ3v) is 10.7. The van der Waals surface area contributed by atoms with Crippen molar-refractivity contribution in [1.29, 1.82) is 0 Å². The number of aromatic nitrogens is 6. The van der Waals surface area contributed by atoms with Crippen LogP contribution in [0.1, 0.15) is 53.1 Å². The number of hydrogen-bond donors (Lipinski definition) is 2. The van der Waals surface area contributed by atoms with E-state index in [9.17, 15) is 40.0 Å². The highest BCUT2D eigenvalue weighted by atomic mass is 35.5. The first kappa shape index (κ1) is 38.3. The molecular weight excluding hydrogens is 816 g/mol. The molecule has 298 valence electrons. The van der Waals surface area contributed by atoms with Crippen LogP contribution in [0.3, 0.4) is 0 Å². The Morgan fingerprint density at radius 1 is 1.02 bits per heavy atom. The predicted molar refractivity (Wildman–Crippen MR) is 188 cm³/mol. The Kier molecular flexibility index (Phi) is 8.91. The quantitative estimate of drug-likeness (QED) is 0.154. The second-order valence-corrected chi connectivity index (χ2v) is 16.0. The van der Waals surface area contributed by atoms with Gasteiger partial charge in [0, 0.05) is 43.1 Å². The van der Waals surface area contributed by atoms with Crippen molar-refractivity contribution in [3.63, 3.8) is 0 Å². The number of halogens is 9. The molecule has 57 heavy (non-hydrogen) atoms. The van der Waals surface area contributed by atoms with Crippen LogP contribution in [0.2, 0.25) is 5.02 Å². The van der Waals surface area contributed by atoms with Gasteiger partial charge in [0.05, 0.1) is 39.4 Å². The number of aryl methyl sites for hydroxylation is 1. The van der Waals surface area contributed by atoms with Gasteiger partial charge in [-0.15, -0.1) is 0 Å². The summed E-state index contributed by atoms with van der Waals surface area (Å²) >= 11 is 6.49. The number of carbonyl (C=O) groups excluding carboxylic acids is 1. The second-order valence-electron chi connectivity index (χ2n) is 13.8. The Morgan fingerprint density at radius 2 is 1.70 bits per heavy atom. The first-order valence-corrected chi connectivity index (χ1v) is 19.1. The standard InChI is InChI=1S/C35H25ClF8N8O4S/c1-50-29-23(4-3-19(36)26(29)32(48-50)49-57(2,55)56)52-33(46-21-10-16(39)9-20(40)27(21)34(52)54)22(7-13-5-14(37)8-15(38)6-13)45-24(53)12-51-30-25(28(47-51)31(41)42)17-11-18(17)35(30,43)44/h3-6,8-10,17-18,22,31H,7,11-12H2,1-2H3,(H,45,53)(H,48,49)/t17-,18+,22?/m0/s1. The van der Waals surface area contributed by atoms with Gasteiger partial charge in [0.15, 0.2) is 5.82 Å². The molecule has 1 saturated carbocycles. The van der Waals surface area contributed by atoms with Crippen LogP contribution in [0.4, 0.5) is 40.9 Å². The third kappa shape index (κ3) is 6.55. The highest BCUT2D eigenvalue weighted by Gasteiger charge is 2.67. The molecule has 0 radical (unpaired) electrons. The van der Waals surface area contributed by atoms with Crippen molar-refractivity contribution >= 4 is 55.2 Å². The first-order valence-electron chi connectivity index (χ1n) is 16.8. The lowest BCUT2D eigenvalue weighted by Gasteiger charge is -2.24. The highest BCUT2D eigenvalue weighted by Crippen LogP contribution is 2.68. The molecule has 1 unspecified atom stereocenters. The summed E-state index contributed by atoms with van der Waals surface area (Å²) in [5.41, 5.74) is -4.33. The number of amides is 1. The molecule has 0 aliphatic heterocycles. The summed E-state index contributed by atoms with van der Waals surface area (Å²) in [5, 5.41) is 9.39. The summed E-state index contributed by atoms with van der Waals surface area (Å²) in [6, 6.07) is 4.17. The van der Waals surface area contributed by atoms with Gasteiger partial charge in [0.1, 0.15) is 52.4 Å². The molecule has 0 saturated heterocycles. The summed E-state index contributed by atoms with van der Waals surface area (Å²) in [5.74, 6) is -12.4. The summed E-state index contributed by atoms with van der Waals surface area (Å²) in [7, 11) is -2.63. The number of benzene rings is 3. The van der Waals surface area contributed by atoms with Crippen LogP contribution in [0.15, 0.2) is 47.3 Å². The zero-order valence-corrected chi connectivity index (χ0v) is 30.7. The summed E-state index contributed by atoms with van der Waals surface area (Å²) in [6.07, 6.45) is -3.07. The number of sulfonamides is 1. The maximum Gasteiger partial charge on any atom is 0.293 e. The number of anilines is 1. The van der Waals surface area contributed by atoms with Crippen LogP contribution in [0.5, 0.6) is 0 Å². The van der Waals surface area contributed by atoms with Gasteiger partial charge in [0.25, 0.3) is 17.9 Å². The zero-order valence-electron chi connectivity index (χ0n) is 29.1. The molecule has 12 nitrogen and oxygen atoms in total. The van der Waals surface area contributed by atoms with Gasteiger partial charge in [-0.05, 0) is 42.2 Å². The van der Waals surface area contributed by atoms with E-state index in [4.69, 9.17) is 11.6 Å². The van der Waals surface area contributed by atoms with Crippen LogP contribution < -0.4 is 15.6 Å². The Hall–Kier alpha value is -5.57. The molecule has 22 heteroatoms. The smallest absolute Gasteiger partial charge is 0.293 e. The lowest BCUT2D eigenvalue weighted by Crippen LogP contribution is -2.38. The fourth-order valence-electron chi connectivity index (χ4n) is 7.63. The third-order valence-electron chi connectivity index (χ3n) is 9.82. The van der Waals surface area contributed by atoms with Gasteiger partial charge in [-0.25, -0.2) is 39.7 Å². The topological polar surface area (TPSA) is 146 Å². The molecule has 6 aromatic rings. The van der Waals surface area contributed by atoms with Crippen LogP contribution in [-0.2, 0) is 40.8 Å². The normalized spacial score (nSPS) is 17.6. The van der Waals surface area contributed by atoms with Gasteiger partial charge in [-0.2, -0.15) is 19.0 Å². The number of alkyl halides is 4. The van der Waals surface area contributed by atoms with Crippen LogP contribution in [-0.4, -0.2) is 49.7 Å². The summed E-state index contributed by atoms with van der Waals surface area (Å²) < 4.78 is 147. The van der Waals surface area contributed by atoms with Crippen molar-refractivity contribution < 1.29 is 48.3 Å². The molecule has 2 aliphatic rings. The number of nitrogens with zero attached hydrogens (tertiary/aromatic N) is 6. The maximum absolute atomic E-state index is 15.4. The molecule has 2 aliphatic carbocycles. The summed E-state index contributed by atoms with van der Waals surface area (Å²) in [6.45, 7) is -1.08. The van der Waals surface area contributed by atoms with Gasteiger partial charge in [0.2, 0.25) is 15.9 Å². The SMILES string of the molecule is Cn1nc(NS(C)(=O)=O)c2c(Cl)ccc(-n3c(C(Cc4cc(F)cc(F)c4)NC(=O)Cn4nc(C(F)F)c5c4C(F)(F)[C@@H]4C[C@H]54)nc4cc(F)cc(F)c4c3=O)c21. The molecule has 1 amide bonds. The van der Waals surface area contributed by atoms with Crippen molar-refractivity contribution in [3.8, 4) is 5.69 Å². The lowest BCUT2D eigenvalue weighted by molar-refractivity contribution is -0.123. The van der Waals surface area contributed by atoms with E-state index in [0.717, 1.165) is 27.6 Å². The Morgan fingerprint density at radius 3 is 2.37 bits per heavy atom. The minimum absolute atomic E-state index is 0.0450. The van der Waals surface area contributed by atoms with Crippen molar-refractivity contribution in [3.05, 3.63) is 109 Å². The van der Waals surface area contributed by atoms with Gasteiger partial charge in [-0.3, -0.25) is 28.2 Å². The van der Waals surface area contributed by atoms with Gasteiger partial charge >= 0.3 is 0 Å². The van der Waals surface area contributed by atoms with Gasteiger partial charge in [-0.1, -0.05) is 11.6 Å². The van der Waals surface area contributed by atoms with Crippen LogP contribution >= 0.6 is 11.6 Å². The number of hydrogen-bond acceptors (Lipinski definition) is 7. The van der Waals surface area contributed by atoms with E-state index >= 15 is 13.2 Å². The molecule has 0 bridgehead atoms. The Bertz CT molecular complexity index is 2860. The molecule has 2 N–H and O–H groups in total. The fraction of sp³-hybridized carbons (Fsp3) is 0.286. The summed E-state index contributed by atoms with van der Waals surface area (Å²) in [4.78, 5) is 32.7. The van der Waals surface area contributed by atoms with E-state index in [0.29, 0.717) is 22.9 Å². The van der Waals surface area contributed by atoms with E-state index < -0.39 is 116 Å². The monoisotopic (exact) mass is 840 g/mol.